The minimum Gasteiger partial charge on any atom is -0.413 e. The van der Waals surface area contributed by atoms with Crippen LogP contribution in [0.15, 0.2) is 60.7 Å². The number of rotatable bonds is 14. The van der Waals surface area contributed by atoms with Crippen molar-refractivity contribution in [3.05, 3.63) is 88.5 Å². The van der Waals surface area contributed by atoms with Crippen LogP contribution in [0.2, 0.25) is 0 Å². The first-order valence-electron chi connectivity index (χ1n) is 13.8. The molecule has 0 N–H and O–H groups in total. The molecule has 3 aromatic carbocycles. The Balaban J connectivity index is 2.17. The van der Waals surface area contributed by atoms with Crippen molar-refractivity contribution in [2.24, 2.45) is 0 Å². The average molecular weight is 507 g/mol. The Labute approximate surface area is 218 Å². The highest BCUT2D eigenvalue weighted by Gasteiger charge is 2.35. The fourth-order valence-electron chi connectivity index (χ4n) is 4.92. The molecule has 4 heteroatoms. The lowest BCUT2D eigenvalue weighted by atomic mass is 9.99. The second kappa shape index (κ2) is 13.7. The summed E-state index contributed by atoms with van der Waals surface area (Å²) in [5.41, 5.74) is 5.82. The Hall–Kier alpha value is -2.51. The second-order valence-corrected chi connectivity index (χ2v) is 11.3. The number of hydrogen-bond donors (Lipinski definition) is 0. The van der Waals surface area contributed by atoms with E-state index in [-0.39, 0.29) is 0 Å². The Bertz CT molecular complexity index is 1100. The highest BCUT2D eigenvalue weighted by molar-refractivity contribution is 7.63. The zero-order valence-electron chi connectivity index (χ0n) is 22.8. The number of aryl methyl sites for hydroxylation is 3. The molecule has 194 valence electrons. The van der Waals surface area contributed by atoms with Gasteiger partial charge in [0, 0.05) is 0 Å². The fraction of sp³-hybridized carbons (Fsp3) is 0.438. The van der Waals surface area contributed by atoms with Crippen LogP contribution in [-0.4, -0.2) is 0 Å². The van der Waals surface area contributed by atoms with Gasteiger partial charge in [-0.2, -0.15) is 0 Å². The van der Waals surface area contributed by atoms with E-state index in [1.165, 1.54) is 11.1 Å². The van der Waals surface area contributed by atoms with E-state index >= 15 is 0 Å². The van der Waals surface area contributed by atoms with E-state index in [1.807, 2.05) is 48.5 Å². The first-order valence-corrected chi connectivity index (χ1v) is 15.3. The van der Waals surface area contributed by atoms with E-state index in [0.717, 1.165) is 74.5 Å². The molecule has 0 aliphatic carbocycles. The van der Waals surface area contributed by atoms with Crippen LogP contribution >= 0.6 is 7.60 Å². The number of benzene rings is 3. The van der Waals surface area contributed by atoms with Gasteiger partial charge in [-0.3, -0.25) is 0 Å². The van der Waals surface area contributed by atoms with Gasteiger partial charge in [-0.15, -0.1) is 0 Å². The van der Waals surface area contributed by atoms with Crippen molar-refractivity contribution in [2.75, 3.05) is 0 Å². The molecule has 3 aromatic rings. The first-order chi connectivity index (χ1) is 17.5. The lowest BCUT2D eigenvalue weighted by Crippen LogP contribution is -2.20. The zero-order valence-corrected chi connectivity index (χ0v) is 23.7. The maximum absolute atomic E-state index is 14.9. The summed E-state index contributed by atoms with van der Waals surface area (Å²) in [6.07, 6.45) is 8.56. The smallest absolute Gasteiger partial charge is 0.413 e. The van der Waals surface area contributed by atoms with Gasteiger partial charge in [0.05, 0.1) is 5.30 Å². The van der Waals surface area contributed by atoms with Gasteiger partial charge in [0.2, 0.25) is 0 Å². The summed E-state index contributed by atoms with van der Waals surface area (Å²) < 4.78 is 28.1. The second-order valence-electron chi connectivity index (χ2n) is 9.45. The molecule has 0 aromatic heterocycles. The van der Waals surface area contributed by atoms with Crippen molar-refractivity contribution in [3.63, 3.8) is 0 Å². The van der Waals surface area contributed by atoms with Gasteiger partial charge < -0.3 is 9.05 Å². The molecule has 0 atom stereocenters. The van der Waals surface area contributed by atoms with Crippen molar-refractivity contribution in [2.45, 2.75) is 92.4 Å². The Morgan fingerprint density at radius 3 is 1.44 bits per heavy atom. The Kier molecular flexibility index (Phi) is 10.7. The molecule has 0 bridgehead atoms. The lowest BCUT2D eigenvalue weighted by Gasteiger charge is -2.26. The van der Waals surface area contributed by atoms with E-state index in [4.69, 9.17) is 9.05 Å². The molecule has 0 amide bonds. The minimum absolute atomic E-state index is 0.652. The van der Waals surface area contributed by atoms with Gasteiger partial charge in [-0.1, -0.05) is 103 Å². The molecule has 0 unspecified atom stereocenters. The van der Waals surface area contributed by atoms with E-state index in [9.17, 15) is 4.57 Å². The summed E-state index contributed by atoms with van der Waals surface area (Å²) in [5.74, 6) is 1.36. The molecular formula is C32H43O3P. The topological polar surface area (TPSA) is 35.5 Å². The van der Waals surface area contributed by atoms with Gasteiger partial charge >= 0.3 is 7.60 Å². The van der Waals surface area contributed by atoms with Gasteiger partial charge in [-0.05, 0) is 78.1 Å². The van der Waals surface area contributed by atoms with Crippen LogP contribution < -0.4 is 14.4 Å². The van der Waals surface area contributed by atoms with Gasteiger partial charge in [0.25, 0.3) is 0 Å². The molecule has 3 rings (SSSR count). The van der Waals surface area contributed by atoms with Gasteiger partial charge in [-0.25, -0.2) is 4.57 Å². The summed E-state index contributed by atoms with van der Waals surface area (Å²) in [7, 11) is -3.75. The largest absolute Gasteiger partial charge is 0.463 e. The van der Waals surface area contributed by atoms with Crippen molar-refractivity contribution in [1.29, 1.82) is 0 Å². The summed E-state index contributed by atoms with van der Waals surface area (Å²) in [5, 5.41) is 0.652. The highest BCUT2D eigenvalue weighted by atomic mass is 31.2. The van der Waals surface area contributed by atoms with Crippen LogP contribution in [0.25, 0.3) is 0 Å². The third-order valence-corrected chi connectivity index (χ3v) is 8.50. The van der Waals surface area contributed by atoms with E-state index in [2.05, 4.69) is 46.8 Å². The van der Waals surface area contributed by atoms with Crippen LogP contribution in [0.1, 0.15) is 88.1 Å². The van der Waals surface area contributed by atoms with Gasteiger partial charge in [0.15, 0.2) is 0 Å². The summed E-state index contributed by atoms with van der Waals surface area (Å²) >= 11 is 0. The molecule has 0 fully saturated rings. The van der Waals surface area contributed by atoms with Crippen LogP contribution in [0.4, 0.5) is 0 Å². The van der Waals surface area contributed by atoms with Crippen molar-refractivity contribution < 1.29 is 13.6 Å². The lowest BCUT2D eigenvalue weighted by molar-refractivity contribution is 0.394. The zero-order chi connectivity index (χ0) is 26.0. The van der Waals surface area contributed by atoms with Gasteiger partial charge in [0.1, 0.15) is 11.5 Å². The monoisotopic (exact) mass is 506 g/mol. The summed E-state index contributed by atoms with van der Waals surface area (Å²) in [6, 6.07) is 20.1. The predicted octanol–water partition coefficient (Wildman–Crippen LogP) is 9.04. The van der Waals surface area contributed by atoms with Crippen LogP contribution in [0.5, 0.6) is 11.5 Å². The predicted molar refractivity (Wildman–Crippen MR) is 153 cm³/mol. The Morgan fingerprint density at radius 2 is 1.00 bits per heavy atom. The SMILES string of the molecule is CCCc1cccc(OP(=O)(Oc2cccc(CCC)c2CCC)c2ccccc2CC)c1CCC. The molecule has 3 nitrogen and oxygen atoms in total. The van der Waals surface area contributed by atoms with Crippen LogP contribution in [-0.2, 0) is 36.7 Å². The Morgan fingerprint density at radius 1 is 0.556 bits per heavy atom. The van der Waals surface area contributed by atoms with Crippen LogP contribution in [0.3, 0.4) is 0 Å². The minimum atomic E-state index is -3.75. The molecule has 0 heterocycles. The fourth-order valence-corrected chi connectivity index (χ4v) is 6.87. The normalized spacial score (nSPS) is 11.5. The molecule has 0 spiro atoms. The summed E-state index contributed by atoms with van der Waals surface area (Å²) in [6.45, 7) is 10.8. The van der Waals surface area contributed by atoms with Crippen molar-refractivity contribution >= 4 is 12.9 Å². The molecule has 0 saturated carbocycles. The quantitative estimate of drug-likeness (QED) is 0.205. The molecule has 0 aliphatic rings. The van der Waals surface area contributed by atoms with Crippen molar-refractivity contribution in [1.82, 2.24) is 0 Å². The van der Waals surface area contributed by atoms with Crippen LogP contribution in [0, 0.1) is 0 Å². The number of hydrogen-bond acceptors (Lipinski definition) is 3. The molecule has 0 saturated heterocycles. The first kappa shape index (κ1) is 28.1. The third kappa shape index (κ3) is 6.62. The maximum Gasteiger partial charge on any atom is 0.463 e. The third-order valence-electron chi connectivity index (χ3n) is 6.60. The van der Waals surface area contributed by atoms with E-state index < -0.39 is 7.60 Å². The molecule has 36 heavy (non-hydrogen) atoms. The van der Waals surface area contributed by atoms with E-state index in [0.29, 0.717) is 16.8 Å². The molecular weight excluding hydrogens is 463 g/mol. The molecule has 0 aliphatic heterocycles. The summed E-state index contributed by atoms with van der Waals surface area (Å²) in [4.78, 5) is 0. The molecule has 0 radical (unpaired) electrons. The van der Waals surface area contributed by atoms with E-state index in [1.54, 1.807) is 0 Å². The maximum atomic E-state index is 14.9. The standard InChI is InChI=1S/C32H43O3P/c1-6-15-26-20-13-22-30(28(26)17-8-3)34-36(33,32-24-12-11-19-25(32)10-5)35-31-23-14-21-27(16-7-2)29(31)18-9-4/h11-14,19-24H,6-10,15-18H2,1-5H3. The van der Waals surface area contributed by atoms with Crippen molar-refractivity contribution in [3.8, 4) is 11.5 Å². The average Bonchev–Trinajstić information content (AvgIpc) is 2.88. The highest BCUT2D eigenvalue weighted by Crippen LogP contribution is 2.50.